The smallest absolute Gasteiger partial charge is 0.309 e. The van der Waals surface area contributed by atoms with E-state index in [0.717, 1.165) is 69.8 Å². The topological polar surface area (TPSA) is 66.4 Å². The molecule has 0 bridgehead atoms. The van der Waals surface area contributed by atoms with E-state index in [9.17, 15) is 4.79 Å². The van der Waals surface area contributed by atoms with Crippen molar-refractivity contribution in [2.45, 2.75) is 25.8 Å². The summed E-state index contributed by atoms with van der Waals surface area (Å²) in [6, 6.07) is 8.25. The molecule has 0 saturated carbocycles. The number of likely N-dealkylation sites (tertiary alicyclic amines) is 1. The van der Waals surface area contributed by atoms with E-state index in [-0.39, 0.29) is 41.9 Å². The Morgan fingerprint density at radius 3 is 2.61 bits per heavy atom. The maximum Gasteiger partial charge on any atom is 0.309 e. The summed E-state index contributed by atoms with van der Waals surface area (Å²) in [6.45, 7) is 7.87. The first kappa shape index (κ1) is 26.2. The molecule has 31 heavy (non-hydrogen) atoms. The third-order valence-corrected chi connectivity index (χ3v) is 6.03. The molecule has 1 unspecified atom stereocenters. The summed E-state index contributed by atoms with van der Waals surface area (Å²) in [5.74, 6) is 0.790. The van der Waals surface area contributed by atoms with Crippen LogP contribution in [0.2, 0.25) is 5.02 Å². The second kappa shape index (κ2) is 13.4. The first-order valence-electron chi connectivity index (χ1n) is 10.8. The lowest BCUT2D eigenvalue weighted by Crippen LogP contribution is -2.50. The fraction of sp³-hybridized carbons (Fsp3) is 0.636. The van der Waals surface area contributed by atoms with Gasteiger partial charge in [-0.1, -0.05) is 23.7 Å². The van der Waals surface area contributed by atoms with Gasteiger partial charge in [0, 0.05) is 44.8 Å². The molecule has 0 amide bonds. The minimum absolute atomic E-state index is 0. The van der Waals surface area contributed by atoms with Crippen LogP contribution in [-0.4, -0.2) is 81.3 Å². The molecule has 0 radical (unpaired) electrons. The highest BCUT2D eigenvalue weighted by molar-refractivity contribution is 14.0. The van der Waals surface area contributed by atoms with Crippen LogP contribution in [0.1, 0.15) is 31.4 Å². The largest absolute Gasteiger partial charge is 0.466 e. The maximum atomic E-state index is 12.0. The normalized spacial score (nSPS) is 19.5. The summed E-state index contributed by atoms with van der Waals surface area (Å²) in [4.78, 5) is 21.2. The number of nitrogens with zero attached hydrogens (tertiary/aromatic N) is 3. The lowest BCUT2D eigenvalue weighted by Gasteiger charge is -2.37. The van der Waals surface area contributed by atoms with Crippen molar-refractivity contribution in [2.24, 2.45) is 10.9 Å². The molecule has 2 aliphatic rings. The highest BCUT2D eigenvalue weighted by Gasteiger charge is 2.28. The van der Waals surface area contributed by atoms with Crippen LogP contribution in [0.15, 0.2) is 29.3 Å². The average Bonchev–Trinajstić information content (AvgIpc) is 2.78. The second-order valence-electron chi connectivity index (χ2n) is 7.66. The van der Waals surface area contributed by atoms with Crippen molar-refractivity contribution in [1.82, 2.24) is 15.1 Å². The standard InChI is InChI=1S/C22H33ClN4O3.HI/c1-3-30-21(28)17-7-9-27(10-8-17)22(24-2)25-16-20(26-11-13-29-14-12-26)18-5-4-6-19(23)15-18;/h4-6,15,17,20H,3,7-14,16H2,1-2H3,(H,24,25);1H. The molecule has 2 heterocycles. The van der Waals surface area contributed by atoms with Crippen molar-refractivity contribution in [3.05, 3.63) is 34.9 Å². The third kappa shape index (κ3) is 7.47. The van der Waals surface area contributed by atoms with E-state index in [1.807, 2.05) is 32.2 Å². The van der Waals surface area contributed by atoms with Gasteiger partial charge >= 0.3 is 5.97 Å². The zero-order valence-electron chi connectivity index (χ0n) is 18.4. The zero-order valence-corrected chi connectivity index (χ0v) is 21.5. The summed E-state index contributed by atoms with van der Waals surface area (Å²) in [5.41, 5.74) is 1.19. The molecule has 1 N–H and O–H groups in total. The van der Waals surface area contributed by atoms with Gasteiger partial charge in [0.05, 0.1) is 31.8 Å². The molecule has 3 rings (SSSR count). The molecule has 1 aromatic rings. The number of piperidine rings is 1. The van der Waals surface area contributed by atoms with E-state index in [2.05, 4.69) is 26.2 Å². The highest BCUT2D eigenvalue weighted by atomic mass is 127. The average molecular weight is 565 g/mol. The number of hydrogen-bond acceptors (Lipinski definition) is 5. The van der Waals surface area contributed by atoms with E-state index < -0.39 is 0 Å². The summed E-state index contributed by atoms with van der Waals surface area (Å²) in [5, 5.41) is 4.30. The molecule has 2 aliphatic heterocycles. The van der Waals surface area contributed by atoms with Crippen molar-refractivity contribution < 1.29 is 14.3 Å². The van der Waals surface area contributed by atoms with Crippen LogP contribution in [0.3, 0.4) is 0 Å². The lowest BCUT2D eigenvalue weighted by molar-refractivity contribution is -0.149. The molecular formula is C22H34ClIN4O3. The fourth-order valence-electron chi connectivity index (χ4n) is 4.17. The van der Waals surface area contributed by atoms with Gasteiger partial charge in [-0.25, -0.2) is 0 Å². The van der Waals surface area contributed by atoms with Gasteiger partial charge in [0.15, 0.2) is 5.96 Å². The lowest BCUT2D eigenvalue weighted by atomic mass is 9.97. The first-order chi connectivity index (χ1) is 14.6. The van der Waals surface area contributed by atoms with Crippen LogP contribution >= 0.6 is 35.6 Å². The van der Waals surface area contributed by atoms with Gasteiger partial charge in [-0.2, -0.15) is 0 Å². The Labute approximate surface area is 207 Å². The predicted octanol–water partition coefficient (Wildman–Crippen LogP) is 3.18. The number of aliphatic imine (C=N–C) groups is 1. The van der Waals surface area contributed by atoms with Crippen LogP contribution in [0.5, 0.6) is 0 Å². The number of carbonyl (C=O) groups is 1. The predicted molar refractivity (Wildman–Crippen MR) is 134 cm³/mol. The van der Waals surface area contributed by atoms with Gasteiger partial charge in [-0.05, 0) is 37.5 Å². The quantitative estimate of drug-likeness (QED) is 0.248. The van der Waals surface area contributed by atoms with Crippen LogP contribution < -0.4 is 5.32 Å². The molecule has 7 nitrogen and oxygen atoms in total. The zero-order chi connectivity index (χ0) is 21.3. The van der Waals surface area contributed by atoms with Crippen LogP contribution in [0, 0.1) is 5.92 Å². The van der Waals surface area contributed by atoms with Gasteiger partial charge in [0.2, 0.25) is 0 Å². The van der Waals surface area contributed by atoms with E-state index in [4.69, 9.17) is 21.1 Å². The van der Waals surface area contributed by atoms with E-state index in [1.54, 1.807) is 0 Å². The molecular weight excluding hydrogens is 531 g/mol. The number of carbonyl (C=O) groups excluding carboxylic acids is 1. The Balaban J connectivity index is 0.00000341. The first-order valence-corrected chi connectivity index (χ1v) is 11.2. The van der Waals surface area contributed by atoms with Gasteiger partial charge in [0.1, 0.15) is 0 Å². The molecule has 9 heteroatoms. The van der Waals surface area contributed by atoms with E-state index >= 15 is 0 Å². The summed E-state index contributed by atoms with van der Waals surface area (Å²) >= 11 is 6.27. The van der Waals surface area contributed by atoms with Crippen molar-refractivity contribution >= 4 is 47.5 Å². The third-order valence-electron chi connectivity index (χ3n) is 5.80. The van der Waals surface area contributed by atoms with Crippen LogP contribution in [0.4, 0.5) is 0 Å². The Kier molecular flexibility index (Phi) is 11.3. The van der Waals surface area contributed by atoms with Crippen molar-refractivity contribution in [1.29, 1.82) is 0 Å². The Bertz CT molecular complexity index is 722. The van der Waals surface area contributed by atoms with Crippen molar-refractivity contribution in [2.75, 3.05) is 59.6 Å². The summed E-state index contributed by atoms with van der Waals surface area (Å²) in [6.07, 6.45) is 1.58. The SMILES string of the molecule is CCOC(=O)C1CCN(C(=NC)NCC(c2cccc(Cl)c2)N2CCOCC2)CC1.I. The van der Waals surface area contributed by atoms with Crippen LogP contribution in [-0.2, 0) is 14.3 Å². The Morgan fingerprint density at radius 1 is 1.29 bits per heavy atom. The van der Waals surface area contributed by atoms with Crippen LogP contribution in [0.25, 0.3) is 0 Å². The number of rotatable bonds is 6. The molecule has 2 saturated heterocycles. The Morgan fingerprint density at radius 2 is 2.00 bits per heavy atom. The number of esters is 1. The van der Waals surface area contributed by atoms with Crippen molar-refractivity contribution in [3.63, 3.8) is 0 Å². The highest BCUT2D eigenvalue weighted by Crippen LogP contribution is 2.24. The number of benzene rings is 1. The number of morpholine rings is 1. The number of hydrogen-bond donors (Lipinski definition) is 1. The molecule has 0 aromatic heterocycles. The monoisotopic (exact) mass is 564 g/mol. The Hall–Kier alpha value is -1.10. The fourth-order valence-corrected chi connectivity index (χ4v) is 4.37. The molecule has 0 spiro atoms. The van der Waals surface area contributed by atoms with E-state index in [1.165, 1.54) is 5.56 Å². The molecule has 1 atom stereocenters. The summed E-state index contributed by atoms with van der Waals surface area (Å²) < 4.78 is 10.7. The molecule has 0 aliphatic carbocycles. The van der Waals surface area contributed by atoms with E-state index in [0.29, 0.717) is 6.61 Å². The minimum atomic E-state index is -0.0755. The number of nitrogens with one attached hydrogen (secondary N) is 1. The second-order valence-corrected chi connectivity index (χ2v) is 8.10. The van der Waals surface area contributed by atoms with Gasteiger partial charge in [-0.3, -0.25) is 14.7 Å². The van der Waals surface area contributed by atoms with Crippen molar-refractivity contribution in [3.8, 4) is 0 Å². The van der Waals surface area contributed by atoms with Gasteiger partial charge in [-0.15, -0.1) is 24.0 Å². The van der Waals surface area contributed by atoms with Gasteiger partial charge in [0.25, 0.3) is 0 Å². The summed E-state index contributed by atoms with van der Waals surface area (Å²) in [7, 11) is 1.81. The molecule has 1 aromatic carbocycles. The maximum absolute atomic E-state index is 12.0. The molecule has 174 valence electrons. The molecule has 2 fully saturated rings. The minimum Gasteiger partial charge on any atom is -0.466 e. The number of halogens is 2. The number of ether oxygens (including phenoxy) is 2. The number of guanidine groups is 1. The van der Waals surface area contributed by atoms with Gasteiger partial charge < -0.3 is 19.7 Å².